The van der Waals surface area contributed by atoms with Crippen LogP contribution in [0.15, 0.2) is 36.5 Å². The monoisotopic (exact) mass is 394 g/mol. The van der Waals surface area contributed by atoms with Crippen molar-refractivity contribution < 1.29 is 9.53 Å². The lowest BCUT2D eigenvalue weighted by molar-refractivity contribution is 0.236. The molecule has 4 rings (SSSR count). The SMILES string of the molecule is O=C(NCCOc1ccc2c(c1)CCC2)NCc1ccc(N2CCCCC2)nc1. The summed E-state index contributed by atoms with van der Waals surface area (Å²) in [7, 11) is 0. The van der Waals surface area contributed by atoms with Crippen LogP contribution in [0.5, 0.6) is 5.75 Å². The molecule has 2 aromatic rings. The predicted molar refractivity (Wildman–Crippen MR) is 115 cm³/mol. The average molecular weight is 395 g/mol. The summed E-state index contributed by atoms with van der Waals surface area (Å²) in [6.07, 6.45) is 9.18. The molecule has 6 heteroatoms. The molecule has 1 aromatic carbocycles. The second-order valence-electron chi connectivity index (χ2n) is 7.81. The molecular formula is C23H30N4O2. The Hall–Kier alpha value is -2.76. The molecular weight excluding hydrogens is 364 g/mol. The van der Waals surface area contributed by atoms with E-state index >= 15 is 0 Å². The zero-order chi connectivity index (χ0) is 19.9. The van der Waals surface area contributed by atoms with Gasteiger partial charge in [0.05, 0.1) is 6.54 Å². The molecule has 0 spiro atoms. The fourth-order valence-electron chi connectivity index (χ4n) is 4.05. The molecule has 29 heavy (non-hydrogen) atoms. The molecule has 1 fully saturated rings. The van der Waals surface area contributed by atoms with E-state index in [1.165, 1.54) is 43.2 Å². The summed E-state index contributed by atoms with van der Waals surface area (Å²) in [5, 5.41) is 5.71. The van der Waals surface area contributed by atoms with Crippen LogP contribution >= 0.6 is 0 Å². The van der Waals surface area contributed by atoms with Gasteiger partial charge in [-0.2, -0.15) is 0 Å². The standard InChI is InChI=1S/C23H30N4O2/c28-23(24-11-14-29-21-9-8-19-5-4-6-20(19)15-21)26-17-18-7-10-22(25-16-18)27-12-2-1-3-13-27/h7-10,15-16H,1-6,11-14,17H2,(H2,24,26,28). The summed E-state index contributed by atoms with van der Waals surface area (Å²) in [5.41, 5.74) is 3.83. The molecule has 6 nitrogen and oxygen atoms in total. The Morgan fingerprint density at radius 2 is 1.86 bits per heavy atom. The van der Waals surface area contributed by atoms with E-state index in [1.54, 1.807) is 0 Å². The number of carbonyl (C=O) groups excluding carboxylic acids is 1. The van der Waals surface area contributed by atoms with Crippen molar-refractivity contribution in [1.82, 2.24) is 15.6 Å². The van der Waals surface area contributed by atoms with Gasteiger partial charge in [-0.15, -0.1) is 0 Å². The Morgan fingerprint density at radius 1 is 1.00 bits per heavy atom. The maximum Gasteiger partial charge on any atom is 0.315 e. The number of pyridine rings is 1. The molecule has 154 valence electrons. The third-order valence-electron chi connectivity index (χ3n) is 5.67. The van der Waals surface area contributed by atoms with Crippen molar-refractivity contribution >= 4 is 11.8 Å². The van der Waals surface area contributed by atoms with Crippen molar-refractivity contribution in [2.24, 2.45) is 0 Å². The van der Waals surface area contributed by atoms with E-state index in [-0.39, 0.29) is 6.03 Å². The van der Waals surface area contributed by atoms with Gasteiger partial charge in [-0.3, -0.25) is 0 Å². The summed E-state index contributed by atoms with van der Waals surface area (Å²) < 4.78 is 5.76. The Labute approximate surface area is 172 Å². The third-order valence-corrected chi connectivity index (χ3v) is 5.67. The fourth-order valence-corrected chi connectivity index (χ4v) is 4.05. The number of carbonyl (C=O) groups is 1. The van der Waals surface area contributed by atoms with Crippen molar-refractivity contribution in [1.29, 1.82) is 0 Å². The highest BCUT2D eigenvalue weighted by Crippen LogP contribution is 2.25. The minimum absolute atomic E-state index is 0.192. The van der Waals surface area contributed by atoms with Crippen molar-refractivity contribution in [2.45, 2.75) is 45.1 Å². The van der Waals surface area contributed by atoms with Gasteiger partial charge < -0.3 is 20.3 Å². The van der Waals surface area contributed by atoms with Crippen LogP contribution in [-0.2, 0) is 19.4 Å². The minimum atomic E-state index is -0.192. The van der Waals surface area contributed by atoms with Crippen LogP contribution in [0.25, 0.3) is 0 Å². The van der Waals surface area contributed by atoms with E-state index in [9.17, 15) is 4.79 Å². The zero-order valence-electron chi connectivity index (χ0n) is 17.0. The van der Waals surface area contributed by atoms with Crippen molar-refractivity contribution in [3.63, 3.8) is 0 Å². The number of amides is 2. The Kier molecular flexibility index (Phi) is 6.49. The van der Waals surface area contributed by atoms with E-state index in [4.69, 9.17) is 4.74 Å². The summed E-state index contributed by atoms with van der Waals surface area (Å²) >= 11 is 0. The molecule has 2 amide bonds. The van der Waals surface area contributed by atoms with Gasteiger partial charge in [0, 0.05) is 25.8 Å². The molecule has 0 unspecified atom stereocenters. The molecule has 1 aliphatic carbocycles. The van der Waals surface area contributed by atoms with Crippen molar-refractivity contribution in [3.8, 4) is 5.75 Å². The van der Waals surface area contributed by atoms with E-state index in [2.05, 4.69) is 32.7 Å². The average Bonchev–Trinajstić information content (AvgIpc) is 3.24. The molecule has 2 N–H and O–H groups in total. The molecule has 0 saturated carbocycles. The van der Waals surface area contributed by atoms with Crippen LogP contribution in [0.4, 0.5) is 10.6 Å². The number of rotatable bonds is 7. The number of hydrogen-bond donors (Lipinski definition) is 2. The number of nitrogens with one attached hydrogen (secondary N) is 2. The number of urea groups is 1. The lowest BCUT2D eigenvalue weighted by Gasteiger charge is -2.27. The third kappa shape index (κ3) is 5.40. The number of benzene rings is 1. The second kappa shape index (κ2) is 9.63. The van der Waals surface area contributed by atoms with Crippen molar-refractivity contribution in [3.05, 3.63) is 53.2 Å². The predicted octanol–water partition coefficient (Wildman–Crippen LogP) is 3.44. The van der Waals surface area contributed by atoms with Crippen LogP contribution in [0, 0.1) is 0 Å². The van der Waals surface area contributed by atoms with E-state index in [1.807, 2.05) is 24.4 Å². The highest BCUT2D eigenvalue weighted by Gasteiger charge is 2.12. The van der Waals surface area contributed by atoms with Gasteiger partial charge in [0.2, 0.25) is 0 Å². The molecule has 0 atom stereocenters. The lowest BCUT2D eigenvalue weighted by atomic mass is 10.1. The summed E-state index contributed by atoms with van der Waals surface area (Å²) in [4.78, 5) is 18.9. The molecule has 1 aliphatic heterocycles. The molecule has 2 heterocycles. The lowest BCUT2D eigenvalue weighted by Crippen LogP contribution is -2.37. The maximum atomic E-state index is 12.0. The molecule has 1 saturated heterocycles. The van der Waals surface area contributed by atoms with Gasteiger partial charge in [0.25, 0.3) is 0 Å². The first-order chi connectivity index (χ1) is 14.3. The van der Waals surface area contributed by atoms with E-state index in [0.29, 0.717) is 19.7 Å². The number of piperidine rings is 1. The smallest absolute Gasteiger partial charge is 0.315 e. The van der Waals surface area contributed by atoms with Gasteiger partial charge in [0.15, 0.2) is 0 Å². The fraction of sp³-hybridized carbons (Fsp3) is 0.478. The van der Waals surface area contributed by atoms with Gasteiger partial charge in [-0.1, -0.05) is 12.1 Å². The zero-order valence-corrected chi connectivity index (χ0v) is 17.0. The van der Waals surface area contributed by atoms with Crippen LogP contribution in [0.2, 0.25) is 0 Å². The number of fused-ring (bicyclic) bond motifs is 1. The van der Waals surface area contributed by atoms with Gasteiger partial charge in [0.1, 0.15) is 18.2 Å². The topological polar surface area (TPSA) is 66.5 Å². The van der Waals surface area contributed by atoms with Gasteiger partial charge >= 0.3 is 6.03 Å². The van der Waals surface area contributed by atoms with Crippen molar-refractivity contribution in [2.75, 3.05) is 31.1 Å². The molecule has 2 aliphatic rings. The number of ether oxygens (including phenoxy) is 1. The van der Waals surface area contributed by atoms with Crippen LogP contribution in [0.1, 0.15) is 42.4 Å². The Morgan fingerprint density at radius 3 is 2.69 bits per heavy atom. The number of anilines is 1. The normalized spacial score (nSPS) is 15.7. The molecule has 0 radical (unpaired) electrons. The highest BCUT2D eigenvalue weighted by atomic mass is 16.5. The van der Waals surface area contributed by atoms with Gasteiger partial charge in [-0.25, -0.2) is 9.78 Å². The quantitative estimate of drug-likeness (QED) is 0.706. The number of aryl methyl sites for hydroxylation is 2. The number of aromatic nitrogens is 1. The first-order valence-electron chi connectivity index (χ1n) is 10.7. The second-order valence-corrected chi connectivity index (χ2v) is 7.81. The van der Waals surface area contributed by atoms with Gasteiger partial charge in [-0.05, 0) is 73.4 Å². The molecule has 1 aromatic heterocycles. The van der Waals surface area contributed by atoms with E-state index in [0.717, 1.165) is 36.6 Å². The summed E-state index contributed by atoms with van der Waals surface area (Å²) in [5.74, 6) is 1.91. The van der Waals surface area contributed by atoms with Crippen LogP contribution in [0.3, 0.4) is 0 Å². The first-order valence-corrected chi connectivity index (χ1v) is 10.7. The largest absolute Gasteiger partial charge is 0.492 e. The van der Waals surface area contributed by atoms with Crippen LogP contribution < -0.4 is 20.3 Å². The number of nitrogens with zero attached hydrogens (tertiary/aromatic N) is 2. The number of hydrogen-bond acceptors (Lipinski definition) is 4. The first kappa shape index (κ1) is 19.6. The summed E-state index contributed by atoms with van der Waals surface area (Å²) in [6, 6.07) is 10.2. The highest BCUT2D eigenvalue weighted by molar-refractivity contribution is 5.73. The maximum absolute atomic E-state index is 12.0. The Bertz CT molecular complexity index is 816. The van der Waals surface area contributed by atoms with Crippen LogP contribution in [-0.4, -0.2) is 37.3 Å². The van der Waals surface area contributed by atoms with E-state index < -0.39 is 0 Å². The Balaban J connectivity index is 1.14. The molecule has 0 bridgehead atoms. The minimum Gasteiger partial charge on any atom is -0.492 e. The summed E-state index contributed by atoms with van der Waals surface area (Å²) in [6.45, 7) is 3.55.